The largest absolute Gasteiger partial charge is 0.315 e. The molecule has 6 heteroatoms. The van der Waals surface area contributed by atoms with E-state index in [1.807, 2.05) is 0 Å². The van der Waals surface area contributed by atoms with Crippen molar-refractivity contribution in [3.63, 3.8) is 0 Å². The van der Waals surface area contributed by atoms with E-state index in [1.54, 1.807) is 0 Å². The molecule has 17 heavy (non-hydrogen) atoms. The molecule has 5 nitrogen and oxygen atoms in total. The van der Waals surface area contributed by atoms with Crippen LogP contribution in [0.2, 0.25) is 0 Å². The van der Waals surface area contributed by atoms with Gasteiger partial charge in [0.2, 0.25) is 0 Å². The molecule has 2 N–H and O–H groups in total. The van der Waals surface area contributed by atoms with Gasteiger partial charge in [0.1, 0.15) is 11.6 Å². The number of piperidine rings is 1. The molecule has 0 aromatic carbocycles. The van der Waals surface area contributed by atoms with Crippen LogP contribution in [0, 0.1) is 10.2 Å². The van der Waals surface area contributed by atoms with E-state index in [1.165, 1.54) is 6.26 Å². The van der Waals surface area contributed by atoms with E-state index >= 15 is 0 Å². The van der Waals surface area contributed by atoms with Crippen molar-refractivity contribution in [3.8, 4) is 0 Å². The molecule has 1 aliphatic heterocycles. The summed E-state index contributed by atoms with van der Waals surface area (Å²) in [7, 11) is -2.75. The lowest BCUT2D eigenvalue weighted by atomic mass is 9.67. The minimum Gasteiger partial charge on any atom is -0.315 e. The third-order valence-corrected chi connectivity index (χ3v) is 5.60. The van der Waals surface area contributed by atoms with Crippen molar-refractivity contribution in [2.45, 2.75) is 30.9 Å². The summed E-state index contributed by atoms with van der Waals surface area (Å²) >= 11 is 0. The molecular weight excluding hydrogens is 240 g/mol. The molecule has 2 unspecified atom stereocenters. The van der Waals surface area contributed by atoms with Gasteiger partial charge < -0.3 is 5.32 Å². The fourth-order valence-electron chi connectivity index (χ4n) is 3.18. The second-order valence-electron chi connectivity index (χ2n) is 5.32. The van der Waals surface area contributed by atoms with Gasteiger partial charge in [0.15, 0.2) is 0 Å². The van der Waals surface area contributed by atoms with Crippen LogP contribution in [0.5, 0.6) is 0 Å². The average Bonchev–Trinajstić information content (AvgIpc) is 2.13. The van der Waals surface area contributed by atoms with Gasteiger partial charge >= 0.3 is 0 Å². The first-order chi connectivity index (χ1) is 7.83. The van der Waals surface area contributed by atoms with Crippen LogP contribution in [0.25, 0.3) is 0 Å². The number of nitrogens with one attached hydrogen (secondary N) is 2. The number of Topliss-reactive ketones (excluding diaryl/α,β-unsaturated/α-hetero) is 2. The first-order valence-corrected chi connectivity index (χ1v) is 7.83. The second-order valence-corrected chi connectivity index (χ2v) is 7.69. The fourth-order valence-corrected chi connectivity index (χ4v) is 4.86. The Morgan fingerprint density at radius 2 is 1.94 bits per heavy atom. The van der Waals surface area contributed by atoms with Crippen LogP contribution in [0.3, 0.4) is 0 Å². The highest BCUT2D eigenvalue weighted by atomic mass is 32.2. The predicted molar refractivity (Wildman–Crippen MR) is 64.4 cm³/mol. The molecule has 0 radical (unpaired) electrons. The summed E-state index contributed by atoms with van der Waals surface area (Å²) in [5.41, 5.74) is -0.523. The Balaban J connectivity index is 2.37. The summed E-state index contributed by atoms with van der Waals surface area (Å²) in [5.74, 6) is -0.117. The molecular formula is C11H18N2O3S. The van der Waals surface area contributed by atoms with Crippen LogP contribution >= 0.6 is 0 Å². The Kier molecular flexibility index (Phi) is 3.12. The van der Waals surface area contributed by atoms with E-state index in [0.29, 0.717) is 25.8 Å². The molecule has 96 valence electrons. The van der Waals surface area contributed by atoms with Gasteiger partial charge in [-0.3, -0.25) is 14.4 Å². The summed E-state index contributed by atoms with van der Waals surface area (Å²) in [6, 6.07) is 0. The van der Waals surface area contributed by atoms with Crippen molar-refractivity contribution < 1.29 is 13.8 Å². The Labute approximate surface area is 101 Å². The zero-order valence-corrected chi connectivity index (χ0v) is 10.8. The Bertz CT molecular complexity index is 439. The molecule has 1 spiro atoms. The zero-order valence-electron chi connectivity index (χ0n) is 9.95. The van der Waals surface area contributed by atoms with Gasteiger partial charge in [0.25, 0.3) is 0 Å². The van der Waals surface area contributed by atoms with Crippen LogP contribution in [0.1, 0.15) is 25.7 Å². The van der Waals surface area contributed by atoms with Crippen molar-refractivity contribution in [1.29, 1.82) is 4.78 Å². The number of rotatable bonds is 1. The Hall–Kier alpha value is -0.750. The lowest BCUT2D eigenvalue weighted by Gasteiger charge is -2.45. The molecule has 1 saturated heterocycles. The van der Waals surface area contributed by atoms with Crippen molar-refractivity contribution in [3.05, 3.63) is 0 Å². The van der Waals surface area contributed by atoms with E-state index < -0.39 is 20.4 Å². The molecule has 2 aliphatic rings. The third-order valence-electron chi connectivity index (χ3n) is 3.85. The van der Waals surface area contributed by atoms with Crippen LogP contribution in [0.15, 0.2) is 0 Å². The normalized spacial score (nSPS) is 32.4. The van der Waals surface area contributed by atoms with E-state index in [9.17, 15) is 13.8 Å². The van der Waals surface area contributed by atoms with E-state index in [2.05, 4.69) is 5.32 Å². The molecule has 2 rings (SSSR count). The highest BCUT2D eigenvalue weighted by Gasteiger charge is 2.49. The lowest BCUT2D eigenvalue weighted by Crippen LogP contribution is -2.55. The summed E-state index contributed by atoms with van der Waals surface area (Å²) in [5, 5.41) is 2.73. The SMILES string of the molecule is CS(=N)(=O)C1CNCCC12CC(=O)CC(=O)C2. The van der Waals surface area contributed by atoms with Gasteiger partial charge in [-0.15, -0.1) is 0 Å². The van der Waals surface area contributed by atoms with Gasteiger partial charge in [0, 0.05) is 40.8 Å². The number of hydrogen-bond donors (Lipinski definition) is 2. The maximum Gasteiger partial charge on any atom is 0.140 e. The standard InChI is InChI=1S/C11H18N2O3S/c1-17(12,16)10-7-13-3-2-11(10)5-8(14)4-9(15)6-11/h10,12-13H,2-7H2,1H3. The van der Waals surface area contributed by atoms with Crippen LogP contribution in [-0.4, -0.2) is 40.4 Å². The Morgan fingerprint density at radius 1 is 1.35 bits per heavy atom. The first-order valence-electron chi connectivity index (χ1n) is 5.80. The molecule has 0 amide bonds. The van der Waals surface area contributed by atoms with Crippen molar-refractivity contribution >= 4 is 21.3 Å². The predicted octanol–water partition coefficient (Wildman–Crippen LogP) is 0.333. The topological polar surface area (TPSA) is 87.1 Å². The van der Waals surface area contributed by atoms with E-state index in [4.69, 9.17) is 4.78 Å². The molecule has 0 aromatic rings. The second kappa shape index (κ2) is 4.17. The number of hydrogen-bond acceptors (Lipinski definition) is 5. The molecule has 1 aliphatic carbocycles. The quantitative estimate of drug-likeness (QED) is 0.664. The van der Waals surface area contributed by atoms with Crippen molar-refractivity contribution in [2.24, 2.45) is 5.41 Å². The van der Waals surface area contributed by atoms with Crippen LogP contribution in [0.4, 0.5) is 0 Å². The van der Waals surface area contributed by atoms with Gasteiger partial charge in [0.05, 0.1) is 11.7 Å². The molecule has 1 heterocycles. The van der Waals surface area contributed by atoms with Gasteiger partial charge in [-0.2, -0.15) is 0 Å². The zero-order chi connectivity index (χ0) is 12.7. The van der Waals surface area contributed by atoms with Crippen molar-refractivity contribution in [2.75, 3.05) is 19.3 Å². The minimum absolute atomic E-state index is 0.0187. The average molecular weight is 258 g/mol. The highest BCUT2D eigenvalue weighted by molar-refractivity contribution is 7.92. The summed E-state index contributed by atoms with van der Waals surface area (Å²) in [6.07, 6.45) is 2.73. The maximum atomic E-state index is 12.0. The number of carbonyl (C=O) groups is 2. The van der Waals surface area contributed by atoms with E-state index in [0.717, 1.165) is 6.54 Å². The summed E-state index contributed by atoms with van der Waals surface area (Å²) in [4.78, 5) is 23.2. The molecule has 0 aromatic heterocycles. The molecule has 2 atom stereocenters. The number of carbonyl (C=O) groups excluding carboxylic acids is 2. The third kappa shape index (κ3) is 2.42. The van der Waals surface area contributed by atoms with Gasteiger partial charge in [-0.05, 0) is 13.0 Å². The van der Waals surface area contributed by atoms with Gasteiger partial charge in [-0.1, -0.05) is 0 Å². The maximum absolute atomic E-state index is 12.0. The smallest absolute Gasteiger partial charge is 0.140 e. The lowest BCUT2D eigenvalue weighted by molar-refractivity contribution is -0.134. The summed E-state index contributed by atoms with van der Waals surface area (Å²) in [6.45, 7) is 1.20. The molecule has 2 fully saturated rings. The van der Waals surface area contributed by atoms with Gasteiger partial charge in [-0.25, -0.2) is 4.21 Å². The van der Waals surface area contributed by atoms with Crippen molar-refractivity contribution in [1.82, 2.24) is 5.32 Å². The molecule has 0 bridgehead atoms. The van der Waals surface area contributed by atoms with E-state index in [-0.39, 0.29) is 18.0 Å². The minimum atomic E-state index is -2.75. The first kappa shape index (κ1) is 12.7. The monoisotopic (exact) mass is 258 g/mol. The fraction of sp³-hybridized carbons (Fsp3) is 0.818. The Morgan fingerprint density at radius 3 is 2.47 bits per heavy atom. The van der Waals surface area contributed by atoms with Crippen LogP contribution in [-0.2, 0) is 19.3 Å². The summed E-state index contributed by atoms with van der Waals surface area (Å²) < 4.78 is 19.8. The highest BCUT2D eigenvalue weighted by Crippen LogP contribution is 2.43. The van der Waals surface area contributed by atoms with Crippen LogP contribution < -0.4 is 5.32 Å². The number of ketones is 2. The molecule has 1 saturated carbocycles.